The molecule has 0 aliphatic rings. The lowest BCUT2D eigenvalue weighted by molar-refractivity contribution is 0.625. The molecule has 0 bridgehead atoms. The third kappa shape index (κ3) is 7.37. The van der Waals surface area contributed by atoms with Gasteiger partial charge >= 0.3 is 0 Å². The average molecular weight is 461 g/mol. The van der Waals surface area contributed by atoms with Gasteiger partial charge in [0, 0.05) is 11.5 Å². The van der Waals surface area contributed by atoms with E-state index in [0.29, 0.717) is 28.0 Å². The average Bonchev–Trinajstić information content (AvgIpc) is 2.75. The Bertz CT molecular complexity index is 1080. The summed E-state index contributed by atoms with van der Waals surface area (Å²) < 4.78 is 39.8. The van der Waals surface area contributed by atoms with Crippen LogP contribution in [0.5, 0.6) is 0 Å². The monoisotopic (exact) mass is 460 g/mol. The van der Waals surface area contributed by atoms with Crippen LogP contribution in [-0.4, -0.2) is 10.3 Å². The molecule has 4 nitrogen and oxygen atoms in total. The molecule has 0 fully saturated rings. The van der Waals surface area contributed by atoms with Crippen molar-refractivity contribution in [2.75, 3.05) is 0 Å². The van der Waals surface area contributed by atoms with E-state index >= 15 is 0 Å². The van der Waals surface area contributed by atoms with E-state index in [4.69, 9.17) is 11.5 Å². The summed E-state index contributed by atoms with van der Waals surface area (Å²) >= 11 is 2.54. The Kier molecular flexibility index (Phi) is 8.02. The van der Waals surface area contributed by atoms with E-state index < -0.39 is 0 Å². The minimum atomic E-state index is -0.355. The molecule has 0 unspecified atom stereocenters. The number of thioether (sulfide) groups is 2. The molecule has 4 N–H and O–H groups in total. The van der Waals surface area contributed by atoms with E-state index in [2.05, 4.69) is 9.98 Å². The lowest BCUT2D eigenvalue weighted by atomic mass is 10.1. The number of nitrogens with zero attached hydrogens (tertiary/aromatic N) is 2. The molecular formula is C22H19F3N4S2. The Labute approximate surface area is 186 Å². The Morgan fingerprint density at radius 3 is 1.52 bits per heavy atom. The fourth-order valence-corrected chi connectivity index (χ4v) is 4.02. The number of amidine groups is 2. The molecule has 0 heterocycles. The predicted molar refractivity (Wildman–Crippen MR) is 124 cm³/mol. The Morgan fingerprint density at radius 2 is 1.03 bits per heavy atom. The SMILES string of the molecule is N/C(=N\c1ccc(F)cc1)SCc1ccc(F)cc1CS/C(N)=N/c1ccc(F)cc1. The van der Waals surface area contributed by atoms with Gasteiger partial charge < -0.3 is 11.5 Å². The van der Waals surface area contributed by atoms with Gasteiger partial charge in [0.15, 0.2) is 10.3 Å². The summed E-state index contributed by atoms with van der Waals surface area (Å²) in [5, 5.41) is 0.596. The van der Waals surface area contributed by atoms with E-state index in [1.807, 2.05) is 0 Å². The quantitative estimate of drug-likeness (QED) is 0.357. The zero-order chi connectivity index (χ0) is 22.2. The van der Waals surface area contributed by atoms with Crippen LogP contribution in [-0.2, 0) is 11.5 Å². The summed E-state index contributed by atoms with van der Waals surface area (Å²) in [4.78, 5) is 8.46. The highest BCUT2D eigenvalue weighted by Crippen LogP contribution is 2.24. The van der Waals surface area contributed by atoms with Crippen molar-refractivity contribution in [3.8, 4) is 0 Å². The first kappa shape index (κ1) is 22.8. The van der Waals surface area contributed by atoms with Crippen LogP contribution < -0.4 is 11.5 Å². The second-order valence-electron chi connectivity index (χ2n) is 6.34. The molecule has 0 saturated heterocycles. The molecule has 31 heavy (non-hydrogen) atoms. The van der Waals surface area contributed by atoms with Crippen molar-refractivity contribution in [1.29, 1.82) is 0 Å². The van der Waals surface area contributed by atoms with Gasteiger partial charge in [-0.05, 0) is 71.8 Å². The molecular weight excluding hydrogens is 441 g/mol. The second kappa shape index (κ2) is 10.9. The summed E-state index contributed by atoms with van der Waals surface area (Å²) in [6.45, 7) is 0. The van der Waals surface area contributed by atoms with Crippen molar-refractivity contribution in [2.24, 2.45) is 21.5 Å². The molecule has 160 valence electrons. The molecule has 3 aromatic rings. The lowest BCUT2D eigenvalue weighted by Crippen LogP contribution is -2.08. The first-order valence-electron chi connectivity index (χ1n) is 9.11. The second-order valence-corrected chi connectivity index (χ2v) is 8.33. The highest BCUT2D eigenvalue weighted by atomic mass is 32.2. The molecule has 0 spiro atoms. The van der Waals surface area contributed by atoms with Crippen LogP contribution in [0.1, 0.15) is 11.1 Å². The van der Waals surface area contributed by atoms with Crippen molar-refractivity contribution in [3.05, 3.63) is 95.3 Å². The van der Waals surface area contributed by atoms with Gasteiger partial charge in [0.25, 0.3) is 0 Å². The fraction of sp³-hybridized carbons (Fsp3) is 0.0909. The number of halogens is 3. The van der Waals surface area contributed by atoms with Crippen molar-refractivity contribution in [2.45, 2.75) is 11.5 Å². The zero-order valence-electron chi connectivity index (χ0n) is 16.3. The van der Waals surface area contributed by atoms with Crippen molar-refractivity contribution in [3.63, 3.8) is 0 Å². The van der Waals surface area contributed by atoms with Crippen LogP contribution >= 0.6 is 23.5 Å². The van der Waals surface area contributed by atoms with Crippen LogP contribution in [0.3, 0.4) is 0 Å². The molecule has 0 aromatic heterocycles. The maximum Gasteiger partial charge on any atom is 0.159 e. The number of benzene rings is 3. The maximum absolute atomic E-state index is 13.8. The Morgan fingerprint density at radius 1 is 0.613 bits per heavy atom. The molecule has 9 heteroatoms. The minimum absolute atomic E-state index is 0.284. The first-order chi connectivity index (χ1) is 14.9. The van der Waals surface area contributed by atoms with Crippen LogP contribution in [0.15, 0.2) is 76.7 Å². The van der Waals surface area contributed by atoms with E-state index in [-0.39, 0.29) is 22.6 Å². The highest BCUT2D eigenvalue weighted by Gasteiger charge is 2.08. The molecule has 0 amide bonds. The van der Waals surface area contributed by atoms with Gasteiger partial charge in [0.1, 0.15) is 17.5 Å². The molecule has 0 saturated carbocycles. The summed E-state index contributed by atoms with van der Waals surface area (Å²) in [5.74, 6) is -0.178. The van der Waals surface area contributed by atoms with Crippen LogP contribution in [0.2, 0.25) is 0 Å². The van der Waals surface area contributed by atoms with Gasteiger partial charge in [0.2, 0.25) is 0 Å². The topological polar surface area (TPSA) is 76.8 Å². The van der Waals surface area contributed by atoms with Crippen LogP contribution in [0.4, 0.5) is 24.5 Å². The number of rotatable bonds is 6. The molecule has 3 aromatic carbocycles. The van der Waals surface area contributed by atoms with E-state index in [0.717, 1.165) is 11.1 Å². The number of aliphatic imine (C=N–C) groups is 2. The van der Waals surface area contributed by atoms with Gasteiger partial charge in [-0.1, -0.05) is 29.6 Å². The number of hydrogen-bond donors (Lipinski definition) is 2. The Hall–Kier alpha value is -2.91. The zero-order valence-corrected chi connectivity index (χ0v) is 17.9. The third-order valence-electron chi connectivity index (χ3n) is 4.05. The van der Waals surface area contributed by atoms with Gasteiger partial charge in [-0.3, -0.25) is 0 Å². The van der Waals surface area contributed by atoms with E-state index in [9.17, 15) is 13.2 Å². The van der Waals surface area contributed by atoms with Crippen molar-refractivity contribution < 1.29 is 13.2 Å². The minimum Gasteiger partial charge on any atom is -0.378 e. The standard InChI is InChI=1S/C22H19F3N4S2/c23-16-3-7-19(8-4-16)28-21(26)30-12-14-1-2-18(25)11-15(14)13-31-22(27)29-20-9-5-17(24)6-10-20/h1-11H,12-13H2,(H2,26,28)(H2,27,29). The molecule has 0 radical (unpaired) electrons. The fourth-order valence-electron chi connectivity index (χ4n) is 2.52. The normalized spacial score (nSPS) is 12.2. The number of nitrogens with two attached hydrogens (primary N) is 2. The van der Waals surface area contributed by atoms with Crippen molar-refractivity contribution >= 4 is 45.2 Å². The van der Waals surface area contributed by atoms with Gasteiger partial charge in [-0.15, -0.1) is 0 Å². The lowest BCUT2D eigenvalue weighted by Gasteiger charge is -2.09. The molecule has 0 aliphatic carbocycles. The summed E-state index contributed by atoms with van der Waals surface area (Å²) in [6, 6.07) is 15.9. The van der Waals surface area contributed by atoms with Gasteiger partial charge in [0.05, 0.1) is 11.4 Å². The largest absolute Gasteiger partial charge is 0.378 e. The van der Waals surface area contributed by atoms with Crippen molar-refractivity contribution in [1.82, 2.24) is 0 Å². The van der Waals surface area contributed by atoms with Gasteiger partial charge in [-0.25, -0.2) is 23.2 Å². The smallest absolute Gasteiger partial charge is 0.159 e. The summed E-state index contributed by atoms with van der Waals surface area (Å²) in [5.41, 5.74) is 14.6. The number of hydrogen-bond acceptors (Lipinski definition) is 4. The molecule has 3 rings (SSSR count). The van der Waals surface area contributed by atoms with E-state index in [1.54, 1.807) is 6.07 Å². The summed E-state index contributed by atoms with van der Waals surface area (Å²) in [6.07, 6.45) is 0. The summed E-state index contributed by atoms with van der Waals surface area (Å²) in [7, 11) is 0. The Balaban J connectivity index is 1.64. The van der Waals surface area contributed by atoms with Crippen LogP contribution in [0, 0.1) is 17.5 Å². The van der Waals surface area contributed by atoms with E-state index in [1.165, 1.54) is 84.2 Å². The first-order valence-corrected chi connectivity index (χ1v) is 11.1. The maximum atomic E-state index is 13.8. The van der Waals surface area contributed by atoms with Crippen LogP contribution in [0.25, 0.3) is 0 Å². The molecule has 0 aliphatic heterocycles. The third-order valence-corrected chi connectivity index (χ3v) is 5.74. The predicted octanol–water partition coefficient (Wildman–Crippen LogP) is 5.86. The molecule has 0 atom stereocenters. The van der Waals surface area contributed by atoms with Gasteiger partial charge in [-0.2, -0.15) is 0 Å². The highest BCUT2D eigenvalue weighted by molar-refractivity contribution is 8.13.